The van der Waals surface area contributed by atoms with E-state index >= 15 is 0 Å². The summed E-state index contributed by atoms with van der Waals surface area (Å²) in [5, 5.41) is 3.15. The van der Waals surface area contributed by atoms with E-state index in [1.165, 1.54) is 23.4 Å². The second-order valence-electron chi connectivity index (χ2n) is 8.43. The van der Waals surface area contributed by atoms with Gasteiger partial charge in [-0.2, -0.15) is 0 Å². The number of nitrogens with zero attached hydrogens (tertiary/aromatic N) is 4. The first kappa shape index (κ1) is 22.1. The predicted octanol–water partition coefficient (Wildman–Crippen LogP) is 1.85. The molecular formula is C19H29N5O3S. The molecule has 2 aromatic rings. The maximum Gasteiger partial charge on any atom is 0.332 e. The average molecular weight is 408 g/mol. The Bertz CT molecular complexity index is 1020. The molecule has 1 N–H and O–H groups in total. The first-order chi connectivity index (χ1) is 12.8. The lowest BCUT2D eigenvalue weighted by molar-refractivity contribution is -0.121. The summed E-state index contributed by atoms with van der Waals surface area (Å²) in [5.41, 5.74) is -0.895. The summed E-state index contributed by atoms with van der Waals surface area (Å²) in [4.78, 5) is 46.8. The van der Waals surface area contributed by atoms with Crippen LogP contribution in [0.15, 0.2) is 14.6 Å². The molecule has 0 aliphatic rings. The van der Waals surface area contributed by atoms with Crippen molar-refractivity contribution in [1.82, 2.24) is 24.4 Å². The fraction of sp³-hybridized carbons (Fsp3) is 0.632. The number of thioether (sulfide) groups is 1. The van der Waals surface area contributed by atoms with Gasteiger partial charge in [0.1, 0.15) is 16.2 Å². The van der Waals surface area contributed by atoms with Gasteiger partial charge in [0.15, 0.2) is 5.65 Å². The largest absolute Gasteiger partial charge is 0.351 e. The SMILES string of the molecule is Cc1nc(S[C@@H](C)C(=O)NC(C)(C)C)c2c(=O)n(C)c(=O)n(CC(C)C)c2n1. The first-order valence-electron chi connectivity index (χ1n) is 9.28. The fourth-order valence-corrected chi connectivity index (χ4v) is 3.73. The molecule has 0 unspecified atom stereocenters. The highest BCUT2D eigenvalue weighted by Crippen LogP contribution is 2.27. The summed E-state index contributed by atoms with van der Waals surface area (Å²) < 4.78 is 2.59. The summed E-state index contributed by atoms with van der Waals surface area (Å²) in [6, 6.07) is 0. The summed E-state index contributed by atoms with van der Waals surface area (Å²) in [6.45, 7) is 13.6. The van der Waals surface area contributed by atoms with Crippen LogP contribution in [0.2, 0.25) is 0 Å². The van der Waals surface area contributed by atoms with Gasteiger partial charge >= 0.3 is 5.69 Å². The maximum absolute atomic E-state index is 12.9. The number of amides is 1. The molecule has 0 spiro atoms. The topological polar surface area (TPSA) is 98.9 Å². The van der Waals surface area contributed by atoms with Crippen molar-refractivity contribution >= 4 is 28.7 Å². The highest BCUT2D eigenvalue weighted by Gasteiger charge is 2.24. The molecule has 2 aromatic heterocycles. The molecule has 9 heteroatoms. The molecule has 0 aliphatic heterocycles. The lowest BCUT2D eigenvalue weighted by atomic mass is 10.1. The van der Waals surface area contributed by atoms with E-state index in [4.69, 9.17) is 0 Å². The van der Waals surface area contributed by atoms with Gasteiger partial charge in [0.05, 0.1) is 5.25 Å². The van der Waals surface area contributed by atoms with Crippen molar-refractivity contribution < 1.29 is 4.79 Å². The molecular weight excluding hydrogens is 378 g/mol. The predicted molar refractivity (Wildman–Crippen MR) is 112 cm³/mol. The molecule has 0 saturated carbocycles. The van der Waals surface area contributed by atoms with Gasteiger partial charge in [-0.1, -0.05) is 25.6 Å². The van der Waals surface area contributed by atoms with Crippen LogP contribution in [-0.4, -0.2) is 35.8 Å². The van der Waals surface area contributed by atoms with E-state index in [9.17, 15) is 14.4 Å². The van der Waals surface area contributed by atoms with E-state index in [1.807, 2.05) is 34.6 Å². The summed E-state index contributed by atoms with van der Waals surface area (Å²) in [6.07, 6.45) is 0. The minimum Gasteiger partial charge on any atom is -0.351 e. The van der Waals surface area contributed by atoms with Crippen LogP contribution in [0.5, 0.6) is 0 Å². The second kappa shape index (κ2) is 8.06. The van der Waals surface area contributed by atoms with Gasteiger partial charge in [-0.15, -0.1) is 0 Å². The standard InChI is InChI=1S/C19H29N5O3S/c1-10(2)9-24-14-13(17(26)23(8)18(24)27)16(21-12(4)20-14)28-11(3)15(25)22-19(5,6)7/h10-11H,9H2,1-8H3,(H,22,25)/t11-/m0/s1. The minimum atomic E-state index is -0.466. The lowest BCUT2D eigenvalue weighted by Crippen LogP contribution is -2.44. The number of hydrogen-bond donors (Lipinski definition) is 1. The minimum absolute atomic E-state index is 0.144. The number of aryl methyl sites for hydroxylation is 1. The van der Waals surface area contributed by atoms with Crippen molar-refractivity contribution in [2.45, 2.75) is 70.8 Å². The van der Waals surface area contributed by atoms with Gasteiger partial charge in [0.2, 0.25) is 5.91 Å². The van der Waals surface area contributed by atoms with E-state index in [1.54, 1.807) is 13.8 Å². The van der Waals surface area contributed by atoms with Crippen molar-refractivity contribution in [3.63, 3.8) is 0 Å². The van der Waals surface area contributed by atoms with E-state index in [2.05, 4.69) is 15.3 Å². The number of aromatic nitrogens is 4. The first-order valence-corrected chi connectivity index (χ1v) is 10.2. The van der Waals surface area contributed by atoms with Gasteiger partial charge in [0, 0.05) is 19.1 Å². The summed E-state index contributed by atoms with van der Waals surface area (Å²) in [7, 11) is 1.45. The van der Waals surface area contributed by atoms with Crippen molar-refractivity contribution in [2.75, 3.05) is 0 Å². The molecule has 0 aliphatic carbocycles. The van der Waals surface area contributed by atoms with Crippen LogP contribution in [0.25, 0.3) is 11.0 Å². The monoisotopic (exact) mass is 407 g/mol. The van der Waals surface area contributed by atoms with Crippen LogP contribution < -0.4 is 16.6 Å². The number of fused-ring (bicyclic) bond motifs is 1. The van der Waals surface area contributed by atoms with Gasteiger partial charge in [-0.05, 0) is 40.5 Å². The van der Waals surface area contributed by atoms with Crippen molar-refractivity contribution in [1.29, 1.82) is 0 Å². The maximum atomic E-state index is 12.9. The van der Waals surface area contributed by atoms with E-state index in [0.29, 0.717) is 23.0 Å². The molecule has 0 saturated heterocycles. The lowest BCUT2D eigenvalue weighted by Gasteiger charge is -2.23. The zero-order valence-corrected chi connectivity index (χ0v) is 18.6. The highest BCUT2D eigenvalue weighted by atomic mass is 32.2. The molecule has 0 radical (unpaired) electrons. The molecule has 1 amide bonds. The number of rotatable bonds is 5. The third kappa shape index (κ3) is 4.81. The van der Waals surface area contributed by atoms with Gasteiger partial charge in [0.25, 0.3) is 5.56 Å². The Kier molecular flexibility index (Phi) is 6.37. The van der Waals surface area contributed by atoms with Crippen LogP contribution in [0.4, 0.5) is 0 Å². The van der Waals surface area contributed by atoms with Crippen LogP contribution in [0, 0.1) is 12.8 Å². The molecule has 0 fully saturated rings. The van der Waals surface area contributed by atoms with Gasteiger partial charge < -0.3 is 5.32 Å². The molecule has 154 valence electrons. The van der Waals surface area contributed by atoms with Crippen LogP contribution in [0.1, 0.15) is 47.4 Å². The van der Waals surface area contributed by atoms with Gasteiger partial charge in [-0.3, -0.25) is 18.7 Å². The van der Waals surface area contributed by atoms with E-state index in [0.717, 1.165) is 4.57 Å². The molecule has 8 nitrogen and oxygen atoms in total. The van der Waals surface area contributed by atoms with Gasteiger partial charge in [-0.25, -0.2) is 14.8 Å². The number of nitrogens with one attached hydrogen (secondary N) is 1. The van der Waals surface area contributed by atoms with Crippen molar-refractivity contribution in [2.24, 2.45) is 13.0 Å². The van der Waals surface area contributed by atoms with Crippen LogP contribution in [0.3, 0.4) is 0 Å². The number of carbonyl (C=O) groups excluding carboxylic acids is 1. The second-order valence-corrected chi connectivity index (χ2v) is 9.75. The molecule has 28 heavy (non-hydrogen) atoms. The smallest absolute Gasteiger partial charge is 0.332 e. The summed E-state index contributed by atoms with van der Waals surface area (Å²) in [5.74, 6) is 0.499. The quantitative estimate of drug-likeness (QED) is 0.600. The molecule has 0 bridgehead atoms. The highest BCUT2D eigenvalue weighted by molar-refractivity contribution is 8.00. The summed E-state index contributed by atoms with van der Waals surface area (Å²) >= 11 is 1.20. The van der Waals surface area contributed by atoms with E-state index in [-0.39, 0.29) is 22.8 Å². The average Bonchev–Trinajstić information content (AvgIpc) is 2.54. The van der Waals surface area contributed by atoms with Crippen LogP contribution >= 0.6 is 11.8 Å². The third-order valence-corrected chi connectivity index (χ3v) is 5.05. The Labute approximate surface area is 168 Å². The molecule has 0 aromatic carbocycles. The fourth-order valence-electron chi connectivity index (χ4n) is 2.75. The Morgan fingerprint density at radius 2 is 1.79 bits per heavy atom. The Morgan fingerprint density at radius 1 is 1.18 bits per heavy atom. The Morgan fingerprint density at radius 3 is 2.32 bits per heavy atom. The number of hydrogen-bond acceptors (Lipinski definition) is 6. The molecule has 2 rings (SSSR count). The third-order valence-electron chi connectivity index (χ3n) is 3.96. The zero-order chi connectivity index (χ0) is 21.4. The van der Waals surface area contributed by atoms with Crippen molar-refractivity contribution in [3.8, 4) is 0 Å². The van der Waals surface area contributed by atoms with Crippen molar-refractivity contribution in [3.05, 3.63) is 26.7 Å². The number of carbonyl (C=O) groups is 1. The normalized spacial score (nSPS) is 13.2. The molecule has 2 heterocycles. The van der Waals surface area contributed by atoms with E-state index < -0.39 is 16.5 Å². The Hall–Kier alpha value is -2.16. The Balaban J connectivity index is 2.65. The molecule has 1 atom stereocenters. The zero-order valence-electron chi connectivity index (χ0n) is 17.8. The van der Waals surface area contributed by atoms with Crippen LogP contribution in [-0.2, 0) is 18.4 Å².